The van der Waals surface area contributed by atoms with Gasteiger partial charge in [-0.25, -0.2) is 4.79 Å². The number of Topliss-reactive ketones (excluding diaryl/α,β-unsaturated/α-hetero) is 1. The van der Waals surface area contributed by atoms with Crippen LogP contribution in [0, 0.1) is 5.92 Å². The van der Waals surface area contributed by atoms with Gasteiger partial charge in [-0.1, -0.05) is 39.5 Å². The van der Waals surface area contributed by atoms with Crippen molar-refractivity contribution in [2.75, 3.05) is 13.7 Å². The monoisotopic (exact) mass is 491 g/mol. The van der Waals surface area contributed by atoms with Crippen molar-refractivity contribution in [3.05, 3.63) is 24.3 Å². The van der Waals surface area contributed by atoms with Crippen molar-refractivity contribution in [3.8, 4) is 0 Å². The van der Waals surface area contributed by atoms with Crippen molar-refractivity contribution in [1.82, 2.24) is 10.2 Å². The Kier molecular flexibility index (Phi) is 9.04. The molecular weight excluding hydrogens is 450 g/mol. The predicted molar refractivity (Wildman–Crippen MR) is 136 cm³/mol. The number of ether oxygens (including phenoxy) is 1. The number of carbonyl (C=O) groups excluding carboxylic acids is 3. The van der Waals surface area contributed by atoms with Crippen LogP contribution in [-0.4, -0.2) is 68.7 Å². The normalized spacial score (nSPS) is 25.6. The predicted octanol–water partition coefficient (Wildman–Crippen LogP) is 4.23. The Hall–Kier alpha value is -2.26. The summed E-state index contributed by atoms with van der Waals surface area (Å²) < 4.78 is 11.3. The maximum absolute atomic E-state index is 13.0. The molecule has 0 unspecified atom stereocenters. The van der Waals surface area contributed by atoms with E-state index in [4.69, 9.17) is 9.16 Å². The maximum atomic E-state index is 13.0. The van der Waals surface area contributed by atoms with Gasteiger partial charge in [0, 0.05) is 25.9 Å². The van der Waals surface area contributed by atoms with E-state index in [-0.39, 0.29) is 53.9 Å². The summed E-state index contributed by atoms with van der Waals surface area (Å²) in [5.41, 5.74) is 0.644. The number of allylic oxidation sites excluding steroid dienone is 1. The number of ketones is 1. The Labute approximate surface area is 205 Å². The molecule has 2 heterocycles. The summed E-state index contributed by atoms with van der Waals surface area (Å²) in [5, 5.41) is 2.94. The van der Waals surface area contributed by atoms with E-state index < -0.39 is 14.4 Å². The quantitative estimate of drug-likeness (QED) is 0.224. The number of amides is 2. The highest BCUT2D eigenvalue weighted by Gasteiger charge is 2.47. The highest BCUT2D eigenvalue weighted by Crippen LogP contribution is 2.39. The molecule has 4 atom stereocenters. The largest absolute Gasteiger partial charge is 0.444 e. The number of aliphatic imine (C=N–C) groups is 1. The lowest BCUT2D eigenvalue weighted by Gasteiger charge is -2.45. The van der Waals surface area contributed by atoms with Crippen LogP contribution in [0.5, 0.6) is 0 Å². The van der Waals surface area contributed by atoms with Crippen molar-refractivity contribution in [3.63, 3.8) is 0 Å². The number of hydrogen-bond acceptors (Lipinski definition) is 5. The summed E-state index contributed by atoms with van der Waals surface area (Å²) in [4.78, 5) is 42.9. The van der Waals surface area contributed by atoms with Crippen molar-refractivity contribution in [2.24, 2.45) is 10.9 Å². The summed E-state index contributed by atoms with van der Waals surface area (Å²) >= 11 is 0. The standard InChI is InChI=1S/C25H41N3O5Si/c1-10-13-32-24(31)27-21-12-11-18(28(21)7)14-16(2)20(29)15-19-22(23(30)26-19)17(3)33-34(8,9)25(4,5)6/h10,14,17-19,22H,1,11-13,15H2,2-9H3,(H,26,30)/t17-,18+,19-,22-/m1/s1. The molecule has 8 nitrogen and oxygen atoms in total. The molecule has 2 amide bonds. The van der Waals surface area contributed by atoms with E-state index in [0.717, 1.165) is 6.42 Å². The van der Waals surface area contributed by atoms with Crippen LogP contribution in [0.3, 0.4) is 0 Å². The molecule has 0 bridgehead atoms. The van der Waals surface area contributed by atoms with Crippen LogP contribution in [0.25, 0.3) is 0 Å². The average Bonchev–Trinajstić information content (AvgIpc) is 3.03. The molecule has 2 rings (SSSR count). The molecule has 0 aromatic carbocycles. The van der Waals surface area contributed by atoms with Gasteiger partial charge in [0.2, 0.25) is 5.91 Å². The lowest BCUT2D eigenvalue weighted by Crippen LogP contribution is -2.64. The molecule has 2 aliphatic rings. The second-order valence-corrected chi connectivity index (χ2v) is 15.6. The molecule has 2 fully saturated rings. The third-order valence-electron chi connectivity index (χ3n) is 7.26. The number of hydrogen-bond donors (Lipinski definition) is 1. The number of nitrogens with zero attached hydrogens (tertiary/aromatic N) is 2. The Morgan fingerprint density at radius 3 is 2.56 bits per heavy atom. The number of rotatable bonds is 9. The fourth-order valence-corrected chi connectivity index (χ4v) is 5.50. The number of carbonyl (C=O) groups is 3. The van der Waals surface area contributed by atoms with Crippen LogP contribution in [0.4, 0.5) is 4.79 Å². The highest BCUT2D eigenvalue weighted by molar-refractivity contribution is 6.74. The summed E-state index contributed by atoms with van der Waals surface area (Å²) in [6.45, 7) is 18.2. The van der Waals surface area contributed by atoms with Gasteiger partial charge in [0.1, 0.15) is 12.4 Å². The smallest absolute Gasteiger partial charge is 0.435 e. The number of likely N-dealkylation sites (tertiary alicyclic amines) is 1. The first-order valence-electron chi connectivity index (χ1n) is 12.0. The number of β-lactam (4-membered cyclic amide) rings is 1. The van der Waals surface area contributed by atoms with E-state index in [1.165, 1.54) is 6.08 Å². The van der Waals surface area contributed by atoms with E-state index in [1.54, 1.807) is 6.92 Å². The zero-order valence-corrected chi connectivity index (χ0v) is 22.9. The van der Waals surface area contributed by atoms with Gasteiger partial charge in [0.15, 0.2) is 14.1 Å². The van der Waals surface area contributed by atoms with Gasteiger partial charge in [0.25, 0.3) is 0 Å². The minimum absolute atomic E-state index is 0.00120. The topological polar surface area (TPSA) is 97.3 Å². The lowest BCUT2D eigenvalue weighted by atomic mass is 9.82. The molecule has 0 aliphatic carbocycles. The Balaban J connectivity index is 1.98. The fraction of sp³-hybridized carbons (Fsp3) is 0.680. The van der Waals surface area contributed by atoms with Crippen molar-refractivity contribution < 1.29 is 23.5 Å². The molecule has 0 spiro atoms. The van der Waals surface area contributed by atoms with Crippen molar-refractivity contribution in [2.45, 2.75) is 90.2 Å². The van der Waals surface area contributed by atoms with Crippen LogP contribution in [-0.2, 0) is 18.8 Å². The number of likely N-dealkylation sites (N-methyl/N-ethyl adjacent to an activating group) is 1. The van der Waals surface area contributed by atoms with Gasteiger partial charge in [-0.3, -0.25) is 9.59 Å². The highest BCUT2D eigenvalue weighted by atomic mass is 28.4. The molecule has 0 radical (unpaired) electrons. The summed E-state index contributed by atoms with van der Waals surface area (Å²) in [6.07, 6.45) is 4.17. The first-order chi connectivity index (χ1) is 15.7. The van der Waals surface area contributed by atoms with Crippen LogP contribution in [0.1, 0.15) is 53.9 Å². The van der Waals surface area contributed by atoms with Crippen LogP contribution >= 0.6 is 0 Å². The van der Waals surface area contributed by atoms with E-state index in [9.17, 15) is 14.4 Å². The van der Waals surface area contributed by atoms with E-state index in [2.05, 4.69) is 50.8 Å². The maximum Gasteiger partial charge on any atom is 0.435 e. The molecule has 1 N–H and O–H groups in total. The minimum atomic E-state index is -2.02. The van der Waals surface area contributed by atoms with Crippen molar-refractivity contribution in [1.29, 1.82) is 0 Å². The van der Waals surface area contributed by atoms with E-state index in [0.29, 0.717) is 17.8 Å². The van der Waals surface area contributed by atoms with Crippen LogP contribution in [0.15, 0.2) is 29.3 Å². The third-order valence-corrected chi connectivity index (χ3v) is 11.8. The summed E-state index contributed by atoms with van der Waals surface area (Å²) in [7, 11) is -0.169. The van der Waals surface area contributed by atoms with Gasteiger partial charge < -0.3 is 19.4 Å². The zero-order chi connectivity index (χ0) is 25.8. The van der Waals surface area contributed by atoms with Crippen molar-refractivity contribution >= 4 is 31.9 Å². The molecule has 34 heavy (non-hydrogen) atoms. The molecule has 2 aliphatic heterocycles. The minimum Gasteiger partial charge on any atom is -0.444 e. The van der Waals surface area contributed by atoms with Gasteiger partial charge in [-0.2, -0.15) is 4.99 Å². The molecule has 0 saturated carbocycles. The Morgan fingerprint density at radius 2 is 2.00 bits per heavy atom. The number of amidine groups is 1. The third kappa shape index (κ3) is 6.66. The Bertz CT molecular complexity index is 874. The van der Waals surface area contributed by atoms with Gasteiger partial charge in [-0.15, -0.1) is 0 Å². The number of nitrogens with one attached hydrogen (secondary N) is 1. The molecule has 2 saturated heterocycles. The van der Waals surface area contributed by atoms with Crippen LogP contribution in [0.2, 0.25) is 18.1 Å². The molecule has 9 heteroatoms. The SMILES string of the molecule is C=CCOC(=O)N=C1CC[C@@H](C=C(C)C(=O)C[C@H]2NC(=O)[C@@H]2[C@@H](C)O[Si](C)(C)C(C)(C)C)N1C. The van der Waals surface area contributed by atoms with Gasteiger partial charge in [0.05, 0.1) is 18.1 Å². The zero-order valence-electron chi connectivity index (χ0n) is 21.9. The first-order valence-corrected chi connectivity index (χ1v) is 14.9. The second-order valence-electron chi connectivity index (χ2n) is 10.8. The summed E-state index contributed by atoms with van der Waals surface area (Å²) in [5.74, 6) is 0.267. The van der Waals surface area contributed by atoms with Crippen LogP contribution < -0.4 is 5.32 Å². The lowest BCUT2D eigenvalue weighted by molar-refractivity contribution is -0.141. The van der Waals surface area contributed by atoms with Gasteiger partial charge >= 0.3 is 6.09 Å². The van der Waals surface area contributed by atoms with E-state index >= 15 is 0 Å². The molecule has 190 valence electrons. The molecule has 0 aromatic heterocycles. The Morgan fingerprint density at radius 1 is 1.35 bits per heavy atom. The van der Waals surface area contributed by atoms with Gasteiger partial charge in [-0.05, 0) is 44.0 Å². The fourth-order valence-electron chi connectivity index (χ4n) is 4.07. The first kappa shape index (κ1) is 28.0. The van der Waals surface area contributed by atoms with E-state index in [1.807, 2.05) is 24.9 Å². The molecular formula is C25H41N3O5Si. The summed E-state index contributed by atoms with van der Waals surface area (Å²) in [6, 6.07) is -0.247. The average molecular weight is 492 g/mol. The second kappa shape index (κ2) is 11.0. The molecule has 0 aromatic rings.